The van der Waals surface area contributed by atoms with E-state index in [1.807, 2.05) is 6.07 Å². The molecule has 2 aromatic rings. The van der Waals surface area contributed by atoms with Crippen LogP contribution in [0.5, 0.6) is 0 Å². The number of benzene rings is 2. The van der Waals surface area contributed by atoms with Gasteiger partial charge in [-0.25, -0.2) is 4.39 Å². The van der Waals surface area contributed by atoms with E-state index in [1.165, 1.54) is 16.7 Å². The average molecular weight is 366 g/mol. The van der Waals surface area contributed by atoms with Crippen molar-refractivity contribution in [2.75, 3.05) is 19.6 Å². The molecule has 2 saturated heterocycles. The Bertz CT molecular complexity index is 831. The second kappa shape index (κ2) is 7.01. The van der Waals surface area contributed by atoms with Crippen LogP contribution in [-0.2, 0) is 11.2 Å². The normalized spacial score (nSPS) is 28.3. The van der Waals surface area contributed by atoms with Gasteiger partial charge in [0.2, 0.25) is 0 Å². The summed E-state index contributed by atoms with van der Waals surface area (Å²) in [6.45, 7) is 3.06. The highest BCUT2D eigenvalue weighted by Crippen LogP contribution is 2.49. The van der Waals surface area contributed by atoms with E-state index in [0.29, 0.717) is 12.0 Å². The highest BCUT2D eigenvalue weighted by atomic mass is 19.1. The summed E-state index contributed by atoms with van der Waals surface area (Å²) in [4.78, 5) is 2.48. The fraction of sp³-hybridized carbons (Fsp3) is 0.478. The first-order valence-electron chi connectivity index (χ1n) is 10.2. The van der Waals surface area contributed by atoms with Gasteiger partial charge in [-0.2, -0.15) is 0 Å². The molecular formula is C23H27FN2O. The van der Waals surface area contributed by atoms with Gasteiger partial charge in [-0.15, -0.1) is 0 Å². The third kappa shape index (κ3) is 3.31. The lowest BCUT2D eigenvalue weighted by Gasteiger charge is -2.31. The lowest BCUT2D eigenvalue weighted by molar-refractivity contribution is 0.0149. The number of likely N-dealkylation sites (tertiary alicyclic amines) is 1. The Labute approximate surface area is 160 Å². The van der Waals surface area contributed by atoms with E-state index in [0.717, 1.165) is 50.9 Å². The summed E-state index contributed by atoms with van der Waals surface area (Å²) >= 11 is 0. The van der Waals surface area contributed by atoms with Crippen molar-refractivity contribution < 1.29 is 9.13 Å². The molecule has 0 radical (unpaired) electrons. The molecule has 142 valence electrons. The van der Waals surface area contributed by atoms with Gasteiger partial charge in [0.1, 0.15) is 5.82 Å². The molecule has 5 rings (SSSR count). The second-order valence-electron chi connectivity index (χ2n) is 8.38. The fourth-order valence-electron chi connectivity index (χ4n) is 5.14. The van der Waals surface area contributed by atoms with Gasteiger partial charge in [-0.1, -0.05) is 30.3 Å². The highest BCUT2D eigenvalue weighted by molar-refractivity contribution is 5.45. The molecule has 2 aromatic carbocycles. The van der Waals surface area contributed by atoms with Crippen molar-refractivity contribution in [3.63, 3.8) is 0 Å². The Kier molecular flexibility index (Phi) is 4.50. The van der Waals surface area contributed by atoms with E-state index in [4.69, 9.17) is 10.5 Å². The topological polar surface area (TPSA) is 38.5 Å². The molecule has 2 N–H and O–H groups in total. The van der Waals surface area contributed by atoms with Crippen LogP contribution in [0.1, 0.15) is 53.5 Å². The molecule has 3 nitrogen and oxygen atoms in total. The first-order chi connectivity index (χ1) is 13.2. The maximum absolute atomic E-state index is 14.0. The van der Waals surface area contributed by atoms with Gasteiger partial charge >= 0.3 is 0 Å². The van der Waals surface area contributed by atoms with Crippen LogP contribution >= 0.6 is 0 Å². The fourth-order valence-corrected chi connectivity index (χ4v) is 5.14. The Morgan fingerprint density at radius 3 is 2.67 bits per heavy atom. The van der Waals surface area contributed by atoms with Gasteiger partial charge in [-0.3, -0.25) is 0 Å². The van der Waals surface area contributed by atoms with Gasteiger partial charge in [0.05, 0.1) is 12.2 Å². The molecule has 2 aliphatic heterocycles. The zero-order chi connectivity index (χ0) is 18.4. The summed E-state index contributed by atoms with van der Waals surface area (Å²) in [6, 6.07) is 14.2. The predicted octanol–water partition coefficient (Wildman–Crippen LogP) is 3.77. The number of hydrogen-bond acceptors (Lipinski definition) is 3. The number of hydrogen-bond donors (Lipinski definition) is 1. The van der Waals surface area contributed by atoms with Crippen LogP contribution in [-0.4, -0.2) is 36.7 Å². The Morgan fingerprint density at radius 1 is 1.04 bits per heavy atom. The largest absolute Gasteiger partial charge is 0.368 e. The molecule has 1 aliphatic carbocycles. The van der Waals surface area contributed by atoms with Crippen molar-refractivity contribution in [2.45, 2.75) is 49.9 Å². The average Bonchev–Trinajstić information content (AvgIpc) is 3.04. The van der Waals surface area contributed by atoms with Gasteiger partial charge < -0.3 is 15.4 Å². The monoisotopic (exact) mass is 366 g/mol. The van der Waals surface area contributed by atoms with E-state index in [9.17, 15) is 4.39 Å². The van der Waals surface area contributed by atoms with Crippen LogP contribution in [0.4, 0.5) is 4.39 Å². The van der Waals surface area contributed by atoms with Crippen LogP contribution in [0.2, 0.25) is 0 Å². The lowest BCUT2D eigenvalue weighted by Crippen LogP contribution is -2.42. The molecule has 2 fully saturated rings. The molecule has 4 heteroatoms. The summed E-state index contributed by atoms with van der Waals surface area (Å²) in [5.41, 5.74) is 11.0. The van der Waals surface area contributed by atoms with E-state index < -0.39 is 0 Å². The number of halogens is 1. The van der Waals surface area contributed by atoms with Crippen molar-refractivity contribution in [1.29, 1.82) is 0 Å². The molecule has 0 unspecified atom stereocenters. The van der Waals surface area contributed by atoms with Crippen LogP contribution in [0.3, 0.4) is 0 Å². The van der Waals surface area contributed by atoms with Crippen molar-refractivity contribution in [2.24, 2.45) is 5.73 Å². The molecule has 0 saturated carbocycles. The SMILES string of the molecule is NC1CCN(C[C@H]2C[C@@H]3c4ccccc4Cc4ccc(F)cc4[C@@H]3O2)CC1. The predicted molar refractivity (Wildman–Crippen MR) is 104 cm³/mol. The molecule has 27 heavy (non-hydrogen) atoms. The molecule has 3 atom stereocenters. The maximum atomic E-state index is 14.0. The molecule has 0 bridgehead atoms. The minimum atomic E-state index is -0.171. The number of nitrogens with two attached hydrogens (primary N) is 1. The lowest BCUT2D eigenvalue weighted by atomic mass is 9.87. The summed E-state index contributed by atoms with van der Waals surface area (Å²) in [6.07, 6.45) is 4.14. The zero-order valence-corrected chi connectivity index (χ0v) is 15.6. The van der Waals surface area contributed by atoms with Crippen molar-refractivity contribution in [3.8, 4) is 0 Å². The second-order valence-corrected chi connectivity index (χ2v) is 8.38. The first-order valence-corrected chi connectivity index (χ1v) is 10.2. The summed E-state index contributed by atoms with van der Waals surface area (Å²) < 4.78 is 20.6. The van der Waals surface area contributed by atoms with E-state index in [2.05, 4.69) is 29.2 Å². The molecule has 0 amide bonds. The third-order valence-electron chi connectivity index (χ3n) is 6.57. The van der Waals surface area contributed by atoms with Gasteiger partial charge in [0.15, 0.2) is 0 Å². The smallest absolute Gasteiger partial charge is 0.123 e. The van der Waals surface area contributed by atoms with E-state index in [-0.39, 0.29) is 18.0 Å². The van der Waals surface area contributed by atoms with Crippen LogP contribution < -0.4 is 5.73 Å². The number of nitrogens with zero attached hydrogens (tertiary/aromatic N) is 1. The maximum Gasteiger partial charge on any atom is 0.123 e. The van der Waals surface area contributed by atoms with Gasteiger partial charge in [-0.05, 0) is 73.2 Å². The van der Waals surface area contributed by atoms with Crippen molar-refractivity contribution in [3.05, 3.63) is 70.5 Å². The minimum absolute atomic E-state index is 0.0450. The van der Waals surface area contributed by atoms with Crippen LogP contribution in [0.15, 0.2) is 42.5 Å². The zero-order valence-electron chi connectivity index (χ0n) is 15.6. The van der Waals surface area contributed by atoms with Crippen LogP contribution in [0.25, 0.3) is 0 Å². The summed E-state index contributed by atoms with van der Waals surface area (Å²) in [7, 11) is 0. The van der Waals surface area contributed by atoms with Gasteiger partial charge in [0, 0.05) is 18.5 Å². The number of fused-ring (bicyclic) bond motifs is 5. The molecule has 2 heterocycles. The minimum Gasteiger partial charge on any atom is -0.368 e. The number of rotatable bonds is 2. The quantitative estimate of drug-likeness (QED) is 0.879. The Hall–Kier alpha value is -1.75. The molecule has 0 aromatic heterocycles. The number of ether oxygens (including phenoxy) is 1. The van der Waals surface area contributed by atoms with E-state index >= 15 is 0 Å². The van der Waals surface area contributed by atoms with Gasteiger partial charge in [0.25, 0.3) is 0 Å². The number of piperidine rings is 1. The standard InChI is InChI=1S/C23H27FN2O/c24-17-6-5-16-11-15-3-1-2-4-20(15)22-13-19(27-23(22)21(16)12-17)14-26-9-7-18(25)8-10-26/h1-6,12,18-19,22-23H,7-11,13-14,25H2/t19-,22-,23+/m1/s1. The highest BCUT2D eigenvalue weighted by Gasteiger charge is 2.41. The molecule has 3 aliphatic rings. The van der Waals surface area contributed by atoms with Crippen LogP contribution in [0, 0.1) is 5.82 Å². The Balaban J connectivity index is 1.45. The summed E-state index contributed by atoms with van der Waals surface area (Å²) in [5.74, 6) is 0.136. The van der Waals surface area contributed by atoms with Crippen molar-refractivity contribution >= 4 is 0 Å². The third-order valence-corrected chi connectivity index (χ3v) is 6.57. The van der Waals surface area contributed by atoms with E-state index in [1.54, 1.807) is 12.1 Å². The first kappa shape index (κ1) is 17.4. The molecular weight excluding hydrogens is 339 g/mol. The summed E-state index contributed by atoms with van der Waals surface area (Å²) in [5, 5.41) is 0. The van der Waals surface area contributed by atoms with Crippen molar-refractivity contribution in [1.82, 2.24) is 4.90 Å². The Morgan fingerprint density at radius 2 is 1.81 bits per heavy atom. The molecule has 0 spiro atoms.